The third kappa shape index (κ3) is 2.43. The molecule has 2 unspecified atom stereocenters. The maximum Gasteiger partial charge on any atom is 0.147 e. The van der Waals surface area contributed by atoms with Crippen LogP contribution in [0.2, 0.25) is 0 Å². The largest absolute Gasteiger partial charge is 0.326 e. The Morgan fingerprint density at radius 1 is 1.47 bits per heavy atom. The first-order valence-corrected chi connectivity index (χ1v) is 7.57. The summed E-state index contributed by atoms with van der Waals surface area (Å²) in [4.78, 5) is 3.78. The number of hydrogen-bond donors (Lipinski definition) is 1. The third-order valence-electron chi connectivity index (χ3n) is 3.77. The van der Waals surface area contributed by atoms with E-state index in [4.69, 9.17) is 5.73 Å². The molecule has 6 heteroatoms. The van der Waals surface area contributed by atoms with Crippen molar-refractivity contribution in [3.05, 3.63) is 34.5 Å². The Morgan fingerprint density at radius 2 is 2.37 bits per heavy atom. The highest BCUT2D eigenvalue weighted by Gasteiger charge is 2.29. The van der Waals surface area contributed by atoms with Crippen molar-refractivity contribution in [2.24, 2.45) is 5.73 Å². The van der Waals surface area contributed by atoms with Crippen LogP contribution in [0.4, 0.5) is 0 Å². The molecule has 2 aromatic heterocycles. The van der Waals surface area contributed by atoms with Crippen molar-refractivity contribution in [1.29, 1.82) is 0 Å². The molecule has 2 N–H and O–H groups in total. The van der Waals surface area contributed by atoms with Gasteiger partial charge in [0.25, 0.3) is 0 Å². The van der Waals surface area contributed by atoms with Crippen LogP contribution in [0.3, 0.4) is 0 Å². The number of nitrogens with two attached hydrogens (primary N) is 1. The molecule has 1 aliphatic heterocycles. The van der Waals surface area contributed by atoms with Gasteiger partial charge in [-0.2, -0.15) is 0 Å². The second-order valence-corrected chi connectivity index (χ2v) is 5.92. The first-order chi connectivity index (χ1) is 9.29. The molecule has 0 amide bonds. The zero-order valence-corrected chi connectivity index (χ0v) is 11.9. The minimum Gasteiger partial charge on any atom is -0.326 e. The zero-order chi connectivity index (χ0) is 13.2. The predicted molar refractivity (Wildman–Crippen MR) is 75.8 cm³/mol. The summed E-state index contributed by atoms with van der Waals surface area (Å²) >= 11 is 1.79. The monoisotopic (exact) mass is 277 g/mol. The molecule has 0 fully saturated rings. The summed E-state index contributed by atoms with van der Waals surface area (Å²) in [6, 6.07) is 4.73. The summed E-state index contributed by atoms with van der Waals surface area (Å²) in [5.41, 5.74) is 6.36. The summed E-state index contributed by atoms with van der Waals surface area (Å²) in [6.07, 6.45) is 2.79. The number of fused-ring (bicyclic) bond motifs is 1. The predicted octanol–water partition coefficient (Wildman–Crippen LogP) is 1.63. The molecule has 0 bridgehead atoms. The van der Waals surface area contributed by atoms with Gasteiger partial charge in [0.15, 0.2) is 0 Å². The maximum atomic E-state index is 6.36. The van der Waals surface area contributed by atoms with Crippen LogP contribution >= 0.6 is 11.3 Å². The molecule has 5 nitrogen and oxygen atoms in total. The third-order valence-corrected chi connectivity index (χ3v) is 4.72. The minimum atomic E-state index is 0.160. The lowest BCUT2D eigenvalue weighted by Gasteiger charge is -2.36. The molecule has 0 saturated carbocycles. The Kier molecular flexibility index (Phi) is 3.63. The molecule has 0 aromatic carbocycles. The second kappa shape index (κ2) is 5.40. The van der Waals surface area contributed by atoms with Crippen molar-refractivity contribution in [2.75, 3.05) is 6.54 Å². The highest BCUT2D eigenvalue weighted by atomic mass is 32.1. The smallest absolute Gasteiger partial charge is 0.147 e. The van der Waals surface area contributed by atoms with E-state index in [0.717, 1.165) is 31.9 Å². The summed E-state index contributed by atoms with van der Waals surface area (Å²) in [5, 5.41) is 10.3. The molecule has 2 aromatic rings. The van der Waals surface area contributed by atoms with Crippen LogP contribution in [0.5, 0.6) is 0 Å². The maximum absolute atomic E-state index is 6.36. The minimum absolute atomic E-state index is 0.160. The van der Waals surface area contributed by atoms with Crippen LogP contribution in [-0.2, 0) is 13.1 Å². The molecule has 0 radical (unpaired) electrons. The SMILES string of the molecule is CCC(N)C(c1cccs1)N1CCn2cnnc2C1. The zero-order valence-electron chi connectivity index (χ0n) is 11.1. The Labute approximate surface area is 117 Å². The molecule has 19 heavy (non-hydrogen) atoms. The van der Waals surface area contributed by atoms with E-state index in [1.165, 1.54) is 4.88 Å². The number of thiophene rings is 1. The lowest BCUT2D eigenvalue weighted by atomic mass is 10.0. The van der Waals surface area contributed by atoms with E-state index in [2.05, 4.69) is 44.1 Å². The van der Waals surface area contributed by atoms with Gasteiger partial charge in [0.1, 0.15) is 12.2 Å². The van der Waals surface area contributed by atoms with Gasteiger partial charge in [0.2, 0.25) is 0 Å². The van der Waals surface area contributed by atoms with Gasteiger partial charge >= 0.3 is 0 Å². The van der Waals surface area contributed by atoms with Gasteiger partial charge in [0.05, 0.1) is 12.6 Å². The van der Waals surface area contributed by atoms with Crippen LogP contribution in [0.1, 0.15) is 30.1 Å². The van der Waals surface area contributed by atoms with Crippen LogP contribution < -0.4 is 5.73 Å². The molecule has 3 heterocycles. The Morgan fingerprint density at radius 3 is 3.11 bits per heavy atom. The van der Waals surface area contributed by atoms with Crippen molar-refractivity contribution in [2.45, 2.75) is 38.5 Å². The average Bonchev–Trinajstić information content (AvgIpc) is 3.08. The lowest BCUT2D eigenvalue weighted by Crippen LogP contribution is -2.44. The van der Waals surface area contributed by atoms with E-state index >= 15 is 0 Å². The van der Waals surface area contributed by atoms with Crippen molar-refractivity contribution in [1.82, 2.24) is 19.7 Å². The molecule has 1 aliphatic rings. The van der Waals surface area contributed by atoms with E-state index in [1.54, 1.807) is 11.3 Å². The fraction of sp³-hybridized carbons (Fsp3) is 0.538. The first-order valence-electron chi connectivity index (χ1n) is 6.69. The molecular weight excluding hydrogens is 258 g/mol. The van der Waals surface area contributed by atoms with Gasteiger partial charge in [-0.15, -0.1) is 21.5 Å². The molecule has 0 spiro atoms. The van der Waals surface area contributed by atoms with E-state index in [-0.39, 0.29) is 12.1 Å². The standard InChI is InChI=1S/C13H19N5S/c1-2-10(14)13(11-4-3-7-19-11)17-5-6-18-9-15-16-12(18)8-17/h3-4,7,9-10,13H,2,5-6,8,14H2,1H3. The van der Waals surface area contributed by atoms with E-state index in [1.807, 2.05) is 6.33 Å². The topological polar surface area (TPSA) is 60.0 Å². The lowest BCUT2D eigenvalue weighted by molar-refractivity contribution is 0.132. The highest BCUT2D eigenvalue weighted by molar-refractivity contribution is 7.10. The molecule has 3 rings (SSSR count). The van der Waals surface area contributed by atoms with Crippen LogP contribution in [0, 0.1) is 0 Å². The van der Waals surface area contributed by atoms with Crippen molar-refractivity contribution < 1.29 is 0 Å². The van der Waals surface area contributed by atoms with Gasteiger partial charge in [-0.3, -0.25) is 4.90 Å². The fourth-order valence-corrected chi connectivity index (χ4v) is 3.60. The fourth-order valence-electron chi connectivity index (χ4n) is 2.67. The van der Waals surface area contributed by atoms with E-state index in [0.29, 0.717) is 0 Å². The van der Waals surface area contributed by atoms with Gasteiger partial charge in [-0.05, 0) is 17.9 Å². The second-order valence-electron chi connectivity index (χ2n) is 4.94. The first kappa shape index (κ1) is 12.8. The normalized spacial score (nSPS) is 19.1. The molecule has 0 saturated heterocycles. The van der Waals surface area contributed by atoms with Gasteiger partial charge in [-0.25, -0.2) is 0 Å². The number of rotatable bonds is 4. The van der Waals surface area contributed by atoms with Gasteiger partial charge in [0, 0.05) is 24.0 Å². The van der Waals surface area contributed by atoms with Crippen LogP contribution in [-0.4, -0.2) is 32.3 Å². The van der Waals surface area contributed by atoms with E-state index in [9.17, 15) is 0 Å². The summed E-state index contributed by atoms with van der Waals surface area (Å²) < 4.78 is 2.12. The number of hydrogen-bond acceptors (Lipinski definition) is 5. The highest BCUT2D eigenvalue weighted by Crippen LogP contribution is 2.31. The van der Waals surface area contributed by atoms with Crippen LogP contribution in [0.15, 0.2) is 23.8 Å². The Hall–Kier alpha value is -1.24. The average molecular weight is 277 g/mol. The molecule has 0 aliphatic carbocycles. The Bertz CT molecular complexity index is 521. The summed E-state index contributed by atoms with van der Waals surface area (Å²) in [7, 11) is 0. The number of nitrogens with zero attached hydrogens (tertiary/aromatic N) is 4. The van der Waals surface area contributed by atoms with Crippen molar-refractivity contribution in [3.8, 4) is 0 Å². The summed E-state index contributed by atoms with van der Waals surface area (Å²) in [5.74, 6) is 1.04. The van der Waals surface area contributed by atoms with E-state index < -0.39 is 0 Å². The van der Waals surface area contributed by atoms with Crippen LogP contribution in [0.25, 0.3) is 0 Å². The van der Waals surface area contributed by atoms with Crippen molar-refractivity contribution >= 4 is 11.3 Å². The summed E-state index contributed by atoms with van der Waals surface area (Å²) in [6.45, 7) is 4.93. The Balaban J connectivity index is 1.85. The molecular formula is C13H19N5S. The van der Waals surface area contributed by atoms with Crippen molar-refractivity contribution in [3.63, 3.8) is 0 Å². The van der Waals surface area contributed by atoms with Gasteiger partial charge < -0.3 is 10.3 Å². The molecule has 2 atom stereocenters. The molecule has 102 valence electrons. The van der Waals surface area contributed by atoms with Gasteiger partial charge in [-0.1, -0.05) is 13.0 Å². The quantitative estimate of drug-likeness (QED) is 0.923. The number of aromatic nitrogens is 3.